The standard InChI is InChI=1S/C13H16N2O4S/c1-9-4-6-15(7-5-9)20(18,19)12-3-2-10(13(16)17)8-11(12)14/h2-4,8H,5-7,14H2,1H3,(H,16,17). The van der Waals surface area contributed by atoms with E-state index in [0.717, 1.165) is 5.57 Å². The lowest BCUT2D eigenvalue weighted by atomic mass is 10.1. The molecule has 0 fully saturated rings. The number of hydrogen-bond donors (Lipinski definition) is 2. The zero-order valence-electron chi connectivity index (χ0n) is 11.0. The first-order valence-electron chi connectivity index (χ1n) is 6.11. The zero-order valence-corrected chi connectivity index (χ0v) is 11.9. The normalized spacial score (nSPS) is 16.8. The maximum Gasteiger partial charge on any atom is 0.335 e. The van der Waals surface area contributed by atoms with Gasteiger partial charge in [0.25, 0.3) is 0 Å². The van der Waals surface area contributed by atoms with Crippen LogP contribution in [0.15, 0.2) is 34.7 Å². The molecular formula is C13H16N2O4S. The molecule has 20 heavy (non-hydrogen) atoms. The van der Waals surface area contributed by atoms with Gasteiger partial charge in [-0.25, -0.2) is 13.2 Å². The summed E-state index contributed by atoms with van der Waals surface area (Å²) in [5, 5.41) is 8.86. The number of anilines is 1. The highest BCUT2D eigenvalue weighted by Crippen LogP contribution is 2.25. The van der Waals surface area contributed by atoms with Gasteiger partial charge in [0.2, 0.25) is 10.0 Å². The number of sulfonamides is 1. The fourth-order valence-corrected chi connectivity index (χ4v) is 3.50. The number of carboxylic acid groups (broad SMARTS) is 1. The molecule has 0 amide bonds. The van der Waals surface area contributed by atoms with E-state index in [1.165, 1.54) is 22.5 Å². The summed E-state index contributed by atoms with van der Waals surface area (Å²) in [7, 11) is -3.69. The SMILES string of the molecule is CC1=CCN(S(=O)(=O)c2ccc(C(=O)O)cc2N)CC1. The topological polar surface area (TPSA) is 101 Å². The Balaban J connectivity index is 2.38. The largest absolute Gasteiger partial charge is 0.478 e. The molecule has 7 heteroatoms. The van der Waals surface area contributed by atoms with Gasteiger partial charge in [-0.05, 0) is 31.5 Å². The van der Waals surface area contributed by atoms with Crippen LogP contribution in [0.25, 0.3) is 0 Å². The van der Waals surface area contributed by atoms with Gasteiger partial charge in [0.15, 0.2) is 0 Å². The summed E-state index contributed by atoms with van der Waals surface area (Å²) >= 11 is 0. The van der Waals surface area contributed by atoms with Crippen molar-refractivity contribution in [1.29, 1.82) is 0 Å². The van der Waals surface area contributed by atoms with Crippen molar-refractivity contribution in [3.8, 4) is 0 Å². The number of hydrogen-bond acceptors (Lipinski definition) is 4. The van der Waals surface area contributed by atoms with Gasteiger partial charge in [0.05, 0.1) is 11.3 Å². The van der Waals surface area contributed by atoms with Crippen LogP contribution < -0.4 is 5.73 Å². The van der Waals surface area contributed by atoms with E-state index in [0.29, 0.717) is 19.5 Å². The minimum atomic E-state index is -3.69. The quantitative estimate of drug-likeness (QED) is 0.647. The molecule has 1 aliphatic rings. The lowest BCUT2D eigenvalue weighted by Gasteiger charge is -2.25. The summed E-state index contributed by atoms with van der Waals surface area (Å²) in [6, 6.07) is 3.66. The first kappa shape index (κ1) is 14.5. The van der Waals surface area contributed by atoms with Gasteiger partial charge in [-0.15, -0.1) is 0 Å². The van der Waals surface area contributed by atoms with Crippen LogP contribution in [0.4, 0.5) is 5.69 Å². The van der Waals surface area contributed by atoms with Crippen LogP contribution in [-0.4, -0.2) is 36.9 Å². The number of benzene rings is 1. The zero-order chi connectivity index (χ0) is 14.9. The highest BCUT2D eigenvalue weighted by Gasteiger charge is 2.27. The van der Waals surface area contributed by atoms with Gasteiger partial charge in [0.1, 0.15) is 4.90 Å². The van der Waals surface area contributed by atoms with Crippen molar-refractivity contribution in [3.05, 3.63) is 35.4 Å². The van der Waals surface area contributed by atoms with Crippen molar-refractivity contribution in [2.75, 3.05) is 18.8 Å². The predicted octanol–water partition coefficient (Wildman–Crippen LogP) is 1.31. The number of carbonyl (C=O) groups is 1. The molecule has 3 N–H and O–H groups in total. The smallest absolute Gasteiger partial charge is 0.335 e. The average Bonchev–Trinajstić information content (AvgIpc) is 2.38. The van der Waals surface area contributed by atoms with Crippen LogP contribution in [0.1, 0.15) is 23.7 Å². The minimum Gasteiger partial charge on any atom is -0.478 e. The van der Waals surface area contributed by atoms with E-state index in [9.17, 15) is 13.2 Å². The Morgan fingerprint density at radius 2 is 2.10 bits per heavy atom. The number of aromatic carboxylic acids is 1. The van der Waals surface area contributed by atoms with Crippen LogP contribution in [-0.2, 0) is 10.0 Å². The van der Waals surface area contributed by atoms with Gasteiger partial charge in [-0.3, -0.25) is 0 Å². The maximum absolute atomic E-state index is 12.5. The summed E-state index contributed by atoms with van der Waals surface area (Å²) in [4.78, 5) is 10.8. The Kier molecular flexibility index (Phi) is 3.82. The van der Waals surface area contributed by atoms with Crippen molar-refractivity contribution in [3.63, 3.8) is 0 Å². The number of nitrogens with two attached hydrogens (primary N) is 1. The van der Waals surface area contributed by atoms with Crippen molar-refractivity contribution in [2.24, 2.45) is 0 Å². The summed E-state index contributed by atoms with van der Waals surface area (Å²) in [5.74, 6) is -1.14. The molecule has 0 spiro atoms. The van der Waals surface area contributed by atoms with Crippen LogP contribution in [0.3, 0.4) is 0 Å². The van der Waals surface area contributed by atoms with E-state index in [1.54, 1.807) is 0 Å². The number of rotatable bonds is 3. The van der Waals surface area contributed by atoms with Gasteiger partial charge in [-0.1, -0.05) is 11.6 Å². The van der Waals surface area contributed by atoms with E-state index in [1.807, 2.05) is 13.0 Å². The number of nitrogens with zero attached hydrogens (tertiary/aromatic N) is 1. The van der Waals surface area contributed by atoms with E-state index >= 15 is 0 Å². The molecule has 0 radical (unpaired) electrons. The number of carboxylic acids is 1. The van der Waals surface area contributed by atoms with Crippen molar-refractivity contribution in [2.45, 2.75) is 18.2 Å². The fourth-order valence-electron chi connectivity index (χ4n) is 2.03. The van der Waals surface area contributed by atoms with Crippen LogP contribution in [0.2, 0.25) is 0 Å². The molecule has 0 saturated heterocycles. The van der Waals surface area contributed by atoms with E-state index in [-0.39, 0.29) is 16.1 Å². The van der Waals surface area contributed by atoms with Crippen LogP contribution in [0.5, 0.6) is 0 Å². The third kappa shape index (κ3) is 2.68. The Bertz CT molecular complexity index is 680. The van der Waals surface area contributed by atoms with Gasteiger partial charge >= 0.3 is 5.97 Å². The lowest BCUT2D eigenvalue weighted by Crippen LogP contribution is -2.35. The molecule has 1 aromatic rings. The molecule has 0 aromatic heterocycles. The van der Waals surface area contributed by atoms with Gasteiger partial charge in [-0.2, -0.15) is 4.31 Å². The van der Waals surface area contributed by atoms with E-state index in [4.69, 9.17) is 10.8 Å². The molecule has 1 aliphatic heterocycles. The molecule has 108 valence electrons. The summed E-state index contributed by atoms with van der Waals surface area (Å²) in [6.07, 6.45) is 2.55. The Labute approximate surface area is 117 Å². The van der Waals surface area contributed by atoms with E-state index in [2.05, 4.69) is 0 Å². The highest BCUT2D eigenvalue weighted by atomic mass is 32.2. The third-order valence-corrected chi connectivity index (χ3v) is 5.21. The molecule has 2 rings (SSSR count). The fraction of sp³-hybridized carbons (Fsp3) is 0.308. The van der Waals surface area contributed by atoms with Crippen molar-refractivity contribution in [1.82, 2.24) is 4.31 Å². The predicted molar refractivity (Wildman–Crippen MR) is 74.9 cm³/mol. The van der Waals surface area contributed by atoms with Crippen molar-refractivity contribution >= 4 is 21.7 Å². The highest BCUT2D eigenvalue weighted by molar-refractivity contribution is 7.89. The Hall–Kier alpha value is -1.86. The first-order chi connectivity index (χ1) is 9.32. The summed E-state index contributed by atoms with van der Waals surface area (Å²) in [5.41, 5.74) is 6.78. The molecule has 0 aliphatic carbocycles. The van der Waals surface area contributed by atoms with Crippen molar-refractivity contribution < 1.29 is 18.3 Å². The molecule has 6 nitrogen and oxygen atoms in total. The van der Waals surface area contributed by atoms with Crippen LogP contribution in [0, 0.1) is 0 Å². The monoisotopic (exact) mass is 296 g/mol. The lowest BCUT2D eigenvalue weighted by molar-refractivity contribution is 0.0697. The average molecular weight is 296 g/mol. The molecule has 0 bridgehead atoms. The van der Waals surface area contributed by atoms with E-state index < -0.39 is 16.0 Å². The second-order valence-corrected chi connectivity index (χ2v) is 6.63. The first-order valence-corrected chi connectivity index (χ1v) is 7.55. The molecule has 0 saturated carbocycles. The summed E-state index contributed by atoms with van der Waals surface area (Å²) < 4.78 is 26.3. The minimum absolute atomic E-state index is 0.0316. The Morgan fingerprint density at radius 3 is 2.60 bits per heavy atom. The third-order valence-electron chi connectivity index (χ3n) is 3.27. The summed E-state index contributed by atoms with van der Waals surface area (Å²) in [6.45, 7) is 2.68. The molecular weight excluding hydrogens is 280 g/mol. The second-order valence-electron chi connectivity index (χ2n) is 4.72. The second kappa shape index (κ2) is 5.26. The maximum atomic E-state index is 12.5. The number of nitrogen functional groups attached to an aromatic ring is 1. The van der Waals surface area contributed by atoms with Crippen LogP contribution >= 0.6 is 0 Å². The van der Waals surface area contributed by atoms with Gasteiger partial charge < -0.3 is 10.8 Å². The molecule has 0 atom stereocenters. The molecule has 1 aromatic carbocycles. The van der Waals surface area contributed by atoms with Gasteiger partial charge in [0, 0.05) is 13.1 Å². The Morgan fingerprint density at radius 1 is 1.40 bits per heavy atom. The molecule has 1 heterocycles. The molecule has 0 unspecified atom stereocenters.